The van der Waals surface area contributed by atoms with Gasteiger partial charge in [-0.3, -0.25) is 9.59 Å². The van der Waals surface area contributed by atoms with Crippen molar-refractivity contribution in [2.24, 2.45) is 5.92 Å². The third kappa shape index (κ3) is 2.42. The molecule has 0 aromatic carbocycles. The SMILES string of the molecule is C=C[C@H](C)[C@](C)(O)C(=O)C(=O)N(C)C. The normalized spacial score (nSPS) is 16.6. The predicted molar refractivity (Wildman–Crippen MR) is 53.7 cm³/mol. The lowest BCUT2D eigenvalue weighted by Gasteiger charge is -2.26. The molecule has 1 N–H and O–H groups in total. The molecule has 0 aromatic rings. The van der Waals surface area contributed by atoms with Crippen molar-refractivity contribution in [3.63, 3.8) is 0 Å². The van der Waals surface area contributed by atoms with Gasteiger partial charge in [0.25, 0.3) is 11.7 Å². The zero-order chi connectivity index (χ0) is 11.5. The molecule has 0 bridgehead atoms. The van der Waals surface area contributed by atoms with Gasteiger partial charge in [0, 0.05) is 20.0 Å². The van der Waals surface area contributed by atoms with E-state index in [4.69, 9.17) is 0 Å². The number of nitrogens with zero attached hydrogens (tertiary/aromatic N) is 1. The Bertz CT molecular complexity index is 256. The molecule has 0 heterocycles. The molecule has 0 aliphatic heterocycles. The van der Waals surface area contributed by atoms with Crippen LogP contribution in [0.4, 0.5) is 0 Å². The highest BCUT2D eigenvalue weighted by molar-refractivity contribution is 6.39. The van der Waals surface area contributed by atoms with Gasteiger partial charge in [-0.05, 0) is 6.92 Å². The Kier molecular flexibility index (Phi) is 4.01. The van der Waals surface area contributed by atoms with Crippen molar-refractivity contribution in [2.45, 2.75) is 19.4 Å². The lowest BCUT2D eigenvalue weighted by molar-refractivity contribution is -0.154. The molecule has 0 saturated heterocycles. The molecule has 0 aliphatic rings. The van der Waals surface area contributed by atoms with Crippen LogP contribution in [0.5, 0.6) is 0 Å². The summed E-state index contributed by atoms with van der Waals surface area (Å²) in [6, 6.07) is 0. The summed E-state index contributed by atoms with van der Waals surface area (Å²) in [6.45, 7) is 6.43. The maximum Gasteiger partial charge on any atom is 0.292 e. The second-order valence-corrected chi connectivity index (χ2v) is 3.70. The van der Waals surface area contributed by atoms with Crippen LogP contribution in [0.1, 0.15) is 13.8 Å². The van der Waals surface area contributed by atoms with Gasteiger partial charge in [0.1, 0.15) is 5.60 Å². The van der Waals surface area contributed by atoms with Crippen LogP contribution in [0.3, 0.4) is 0 Å². The van der Waals surface area contributed by atoms with Crippen molar-refractivity contribution < 1.29 is 14.7 Å². The second-order valence-electron chi connectivity index (χ2n) is 3.70. The van der Waals surface area contributed by atoms with Crippen LogP contribution in [0.25, 0.3) is 0 Å². The fraction of sp³-hybridized carbons (Fsp3) is 0.600. The van der Waals surface area contributed by atoms with E-state index in [2.05, 4.69) is 6.58 Å². The number of amides is 1. The van der Waals surface area contributed by atoms with E-state index in [1.54, 1.807) is 6.92 Å². The van der Waals surface area contributed by atoms with Gasteiger partial charge in [0.2, 0.25) is 0 Å². The molecule has 14 heavy (non-hydrogen) atoms. The van der Waals surface area contributed by atoms with Gasteiger partial charge in [0.05, 0.1) is 0 Å². The molecule has 80 valence electrons. The quantitative estimate of drug-likeness (QED) is 0.520. The summed E-state index contributed by atoms with van der Waals surface area (Å²) < 4.78 is 0. The van der Waals surface area contributed by atoms with E-state index < -0.39 is 23.2 Å². The lowest BCUT2D eigenvalue weighted by Crippen LogP contribution is -2.48. The van der Waals surface area contributed by atoms with E-state index in [9.17, 15) is 14.7 Å². The number of rotatable bonds is 4. The number of Topliss-reactive ketones (excluding diaryl/α,β-unsaturated/α-hetero) is 1. The lowest BCUT2D eigenvalue weighted by atomic mass is 9.86. The van der Waals surface area contributed by atoms with Gasteiger partial charge in [0.15, 0.2) is 0 Å². The van der Waals surface area contributed by atoms with Crippen LogP contribution in [0, 0.1) is 5.92 Å². The van der Waals surface area contributed by atoms with Gasteiger partial charge in [-0.2, -0.15) is 0 Å². The van der Waals surface area contributed by atoms with Crippen molar-refractivity contribution in [3.05, 3.63) is 12.7 Å². The predicted octanol–water partition coefficient (Wildman–Crippen LogP) is 0.217. The van der Waals surface area contributed by atoms with Crippen molar-refractivity contribution in [1.82, 2.24) is 4.90 Å². The average molecular weight is 199 g/mol. The average Bonchev–Trinajstić information content (AvgIpc) is 2.13. The Hall–Kier alpha value is -1.16. The van der Waals surface area contributed by atoms with Crippen LogP contribution in [0.15, 0.2) is 12.7 Å². The van der Waals surface area contributed by atoms with Gasteiger partial charge in [-0.1, -0.05) is 13.0 Å². The highest BCUT2D eigenvalue weighted by Gasteiger charge is 2.39. The van der Waals surface area contributed by atoms with Crippen LogP contribution in [-0.4, -0.2) is 41.4 Å². The Labute approximate surface area is 84.2 Å². The summed E-state index contributed by atoms with van der Waals surface area (Å²) in [7, 11) is 2.93. The number of likely N-dealkylation sites (N-methyl/N-ethyl adjacent to an activating group) is 1. The third-order valence-electron chi connectivity index (χ3n) is 2.30. The first-order valence-corrected chi connectivity index (χ1v) is 4.36. The fourth-order valence-corrected chi connectivity index (χ4v) is 0.856. The van der Waals surface area contributed by atoms with Crippen LogP contribution < -0.4 is 0 Å². The van der Waals surface area contributed by atoms with Crippen molar-refractivity contribution in [2.75, 3.05) is 14.1 Å². The van der Waals surface area contributed by atoms with E-state index in [0.717, 1.165) is 4.90 Å². The standard InChI is InChI=1S/C10H17NO3/c1-6-7(2)10(3,14)8(12)9(13)11(4)5/h6-7,14H,1H2,2-5H3/t7-,10-/m0/s1. The summed E-state index contributed by atoms with van der Waals surface area (Å²) >= 11 is 0. The van der Waals surface area contributed by atoms with Crippen LogP contribution >= 0.6 is 0 Å². The second kappa shape index (κ2) is 4.37. The van der Waals surface area contributed by atoms with E-state index in [0.29, 0.717) is 0 Å². The minimum atomic E-state index is -1.68. The van der Waals surface area contributed by atoms with Gasteiger partial charge >= 0.3 is 0 Å². The van der Waals surface area contributed by atoms with Crippen LogP contribution in [-0.2, 0) is 9.59 Å². The molecule has 0 unspecified atom stereocenters. The third-order valence-corrected chi connectivity index (χ3v) is 2.30. The molecule has 0 rings (SSSR count). The Morgan fingerprint density at radius 3 is 2.21 bits per heavy atom. The molecule has 0 spiro atoms. The summed E-state index contributed by atoms with van der Waals surface area (Å²) in [4.78, 5) is 24.0. The van der Waals surface area contributed by atoms with Gasteiger partial charge < -0.3 is 10.0 Å². The molecule has 0 aromatic heterocycles. The minimum absolute atomic E-state index is 0.459. The zero-order valence-corrected chi connectivity index (χ0v) is 9.07. The number of hydrogen-bond acceptors (Lipinski definition) is 3. The summed E-state index contributed by atoms with van der Waals surface area (Å²) in [5, 5.41) is 9.80. The summed E-state index contributed by atoms with van der Waals surface area (Å²) in [5.74, 6) is -1.97. The zero-order valence-electron chi connectivity index (χ0n) is 9.07. The Morgan fingerprint density at radius 2 is 1.93 bits per heavy atom. The molecular weight excluding hydrogens is 182 g/mol. The number of ketones is 1. The van der Waals surface area contributed by atoms with Gasteiger partial charge in [-0.15, -0.1) is 6.58 Å². The number of carbonyl (C=O) groups excluding carboxylic acids is 2. The molecule has 0 saturated carbocycles. The molecular formula is C10H17NO3. The van der Waals surface area contributed by atoms with E-state index in [1.165, 1.54) is 27.1 Å². The summed E-state index contributed by atoms with van der Waals surface area (Å²) in [5.41, 5.74) is -1.68. The van der Waals surface area contributed by atoms with E-state index in [1.807, 2.05) is 0 Å². The highest BCUT2D eigenvalue weighted by Crippen LogP contribution is 2.19. The van der Waals surface area contributed by atoms with Crippen molar-refractivity contribution in [3.8, 4) is 0 Å². The number of aliphatic hydroxyl groups is 1. The summed E-state index contributed by atoms with van der Waals surface area (Å²) in [6.07, 6.45) is 1.45. The smallest absolute Gasteiger partial charge is 0.292 e. The Balaban J connectivity index is 4.84. The Morgan fingerprint density at radius 1 is 1.50 bits per heavy atom. The monoisotopic (exact) mass is 199 g/mol. The first-order valence-electron chi connectivity index (χ1n) is 4.36. The molecule has 4 nitrogen and oxygen atoms in total. The molecule has 4 heteroatoms. The van der Waals surface area contributed by atoms with E-state index >= 15 is 0 Å². The first-order chi connectivity index (χ1) is 6.25. The van der Waals surface area contributed by atoms with E-state index in [-0.39, 0.29) is 0 Å². The molecule has 1 amide bonds. The minimum Gasteiger partial charge on any atom is -0.381 e. The van der Waals surface area contributed by atoms with Crippen molar-refractivity contribution in [1.29, 1.82) is 0 Å². The molecule has 2 atom stereocenters. The maximum absolute atomic E-state index is 11.5. The molecule has 0 aliphatic carbocycles. The number of hydrogen-bond donors (Lipinski definition) is 1. The first kappa shape index (κ1) is 12.8. The maximum atomic E-state index is 11.5. The highest BCUT2D eigenvalue weighted by atomic mass is 16.3. The van der Waals surface area contributed by atoms with Crippen LogP contribution in [0.2, 0.25) is 0 Å². The number of carbonyl (C=O) groups is 2. The largest absolute Gasteiger partial charge is 0.381 e. The fourth-order valence-electron chi connectivity index (χ4n) is 0.856. The van der Waals surface area contributed by atoms with Gasteiger partial charge in [-0.25, -0.2) is 0 Å². The van der Waals surface area contributed by atoms with Crippen molar-refractivity contribution >= 4 is 11.7 Å². The topological polar surface area (TPSA) is 57.6 Å². The molecule has 0 fully saturated rings. The molecule has 0 radical (unpaired) electrons.